The first-order valence-electron chi connectivity index (χ1n) is 11.0. The van der Waals surface area contributed by atoms with E-state index >= 15 is 0 Å². The van der Waals surface area contributed by atoms with Crippen molar-refractivity contribution in [2.24, 2.45) is 0 Å². The minimum atomic E-state index is -0.773. The molecule has 3 aromatic carbocycles. The van der Waals surface area contributed by atoms with Gasteiger partial charge in [0, 0.05) is 21.7 Å². The average molecular weight is 461 g/mol. The van der Waals surface area contributed by atoms with Crippen molar-refractivity contribution in [1.29, 1.82) is 0 Å². The Morgan fingerprint density at radius 2 is 1.76 bits per heavy atom. The number of rotatable bonds is 5. The molecule has 6 heteroatoms. The van der Waals surface area contributed by atoms with Crippen LogP contribution in [-0.2, 0) is 4.79 Å². The topological polar surface area (TPSA) is 61.2 Å². The van der Waals surface area contributed by atoms with Crippen molar-refractivity contribution in [2.75, 3.05) is 0 Å². The molecule has 1 fully saturated rings. The van der Waals surface area contributed by atoms with Crippen molar-refractivity contribution in [1.82, 2.24) is 10.7 Å². The molecule has 5 nitrogen and oxygen atoms in total. The molecule has 33 heavy (non-hydrogen) atoms. The van der Waals surface area contributed by atoms with E-state index in [0.29, 0.717) is 16.5 Å². The maximum absolute atomic E-state index is 13.0. The summed E-state index contributed by atoms with van der Waals surface area (Å²) in [7, 11) is 0. The molecule has 1 heterocycles. The molecule has 0 radical (unpaired) electrons. The minimum Gasteiger partial charge on any atom is -0.334 e. The van der Waals surface area contributed by atoms with E-state index in [9.17, 15) is 9.59 Å². The van der Waals surface area contributed by atoms with Gasteiger partial charge in [0.1, 0.15) is 0 Å². The van der Waals surface area contributed by atoms with Crippen LogP contribution in [0.4, 0.5) is 0 Å². The molecule has 1 aliphatic heterocycles. The molecule has 4 rings (SSSR count). The molecule has 168 valence electrons. The summed E-state index contributed by atoms with van der Waals surface area (Å²) < 4.78 is 1.76. The maximum Gasteiger partial charge on any atom is 0.304 e. The van der Waals surface area contributed by atoms with Crippen LogP contribution < -0.4 is 10.7 Å². The van der Waals surface area contributed by atoms with Crippen molar-refractivity contribution < 1.29 is 14.3 Å². The number of halogens is 1. The monoisotopic (exact) mass is 460 g/mol. The molecule has 2 amide bonds. The van der Waals surface area contributed by atoms with Gasteiger partial charge in [0.15, 0.2) is 6.04 Å². The number of hydrazone groups is 1. The number of aryl methyl sites for hydroxylation is 1. The largest absolute Gasteiger partial charge is 0.334 e. The van der Waals surface area contributed by atoms with E-state index in [2.05, 4.69) is 36.7 Å². The number of carbonyl (C=O) groups excluding carboxylic acids is 2. The molecule has 3 aromatic rings. The molecule has 0 unspecified atom stereocenters. The number of carbonyl (C=O) groups is 2. The van der Waals surface area contributed by atoms with Gasteiger partial charge in [-0.2, -0.15) is 0 Å². The molecular weight excluding hydrogens is 434 g/mol. The Bertz CT molecular complexity index is 1200. The van der Waals surface area contributed by atoms with E-state index in [1.165, 1.54) is 5.56 Å². The second kappa shape index (κ2) is 9.59. The van der Waals surface area contributed by atoms with Gasteiger partial charge in [-0.1, -0.05) is 67.4 Å². The third-order valence-electron chi connectivity index (χ3n) is 5.81. The summed E-state index contributed by atoms with van der Waals surface area (Å²) in [6, 6.07) is 21.6. The smallest absolute Gasteiger partial charge is 0.304 e. The van der Waals surface area contributed by atoms with E-state index in [-0.39, 0.29) is 11.8 Å². The Morgan fingerprint density at radius 1 is 1.06 bits per heavy atom. The molecule has 1 saturated heterocycles. The zero-order valence-electron chi connectivity index (χ0n) is 18.9. The van der Waals surface area contributed by atoms with E-state index in [1.807, 2.05) is 49.5 Å². The lowest BCUT2D eigenvalue weighted by atomic mass is 9.99. The summed E-state index contributed by atoms with van der Waals surface area (Å²) in [6.07, 6.45) is 1.89. The van der Waals surface area contributed by atoms with Crippen molar-refractivity contribution in [3.05, 3.63) is 106 Å². The van der Waals surface area contributed by atoms with Gasteiger partial charge in [0.2, 0.25) is 12.3 Å². The number of hydrazine groups is 1. The highest BCUT2D eigenvalue weighted by atomic mass is 35.5. The van der Waals surface area contributed by atoms with Crippen LogP contribution in [0.25, 0.3) is 0 Å². The molecule has 0 saturated carbocycles. The third-order valence-corrected chi connectivity index (χ3v) is 6.06. The molecule has 0 spiro atoms. The number of nitrogens with one attached hydrogen (secondary N) is 2. The quantitative estimate of drug-likeness (QED) is 0.538. The Morgan fingerprint density at radius 3 is 2.39 bits per heavy atom. The van der Waals surface area contributed by atoms with Gasteiger partial charge >= 0.3 is 5.91 Å². The Kier molecular flexibility index (Phi) is 6.61. The number of nitrogens with zero attached hydrogens (tertiary/aromatic N) is 1. The van der Waals surface area contributed by atoms with Crippen molar-refractivity contribution in [3.63, 3.8) is 0 Å². The van der Waals surface area contributed by atoms with E-state index in [0.717, 1.165) is 16.7 Å². The van der Waals surface area contributed by atoms with Crippen LogP contribution in [0.15, 0.2) is 72.8 Å². The number of hydrogen-bond donors (Lipinski definition) is 2. The fourth-order valence-corrected chi connectivity index (χ4v) is 4.10. The summed E-state index contributed by atoms with van der Waals surface area (Å²) in [6.45, 7) is 6.23. The van der Waals surface area contributed by atoms with Crippen LogP contribution in [-0.4, -0.2) is 28.8 Å². The second-order valence-electron chi connectivity index (χ2n) is 8.65. The minimum absolute atomic E-state index is 0.272. The first kappa shape index (κ1) is 22.7. The van der Waals surface area contributed by atoms with Crippen molar-refractivity contribution in [2.45, 2.75) is 38.8 Å². The van der Waals surface area contributed by atoms with E-state index < -0.39 is 12.1 Å². The molecule has 0 bridgehead atoms. The molecule has 0 aliphatic carbocycles. The highest BCUT2D eigenvalue weighted by molar-refractivity contribution is 6.30. The summed E-state index contributed by atoms with van der Waals surface area (Å²) >= 11 is 6.10. The van der Waals surface area contributed by atoms with Gasteiger partial charge in [0.05, 0.1) is 0 Å². The van der Waals surface area contributed by atoms with Gasteiger partial charge in [0.25, 0.3) is 5.91 Å². The normalized spacial score (nSPS) is 19.1. The number of amides is 2. The zero-order valence-corrected chi connectivity index (χ0v) is 19.6. The lowest BCUT2D eigenvalue weighted by Gasteiger charge is -2.15. The van der Waals surface area contributed by atoms with E-state index in [1.54, 1.807) is 28.9 Å². The molecule has 1 aliphatic rings. The maximum atomic E-state index is 13.0. The Balaban J connectivity index is 1.69. The SMILES string of the molecule is Cc1cccc(C(=O)N[C@@H]2C(=O)N/[N+](=C\c3ccc(C(C)C)cc3)[C@@H]2c2ccc(Cl)cc2)c1. The third kappa shape index (κ3) is 5.15. The highest BCUT2D eigenvalue weighted by Crippen LogP contribution is 2.27. The summed E-state index contributed by atoms with van der Waals surface area (Å²) in [5.41, 5.74) is 7.47. The van der Waals surface area contributed by atoms with Crippen LogP contribution in [0.2, 0.25) is 5.02 Å². The summed E-state index contributed by atoms with van der Waals surface area (Å²) in [5, 5.41) is 3.54. The fraction of sp³-hybridized carbons (Fsp3) is 0.222. The number of benzene rings is 3. The Hall–Kier alpha value is -3.44. The van der Waals surface area contributed by atoms with Crippen molar-refractivity contribution in [3.8, 4) is 0 Å². The van der Waals surface area contributed by atoms with Gasteiger partial charge in [-0.3, -0.25) is 9.59 Å². The van der Waals surface area contributed by atoms with Crippen molar-refractivity contribution >= 4 is 29.6 Å². The van der Waals surface area contributed by atoms with Crippen LogP contribution in [0.3, 0.4) is 0 Å². The predicted molar refractivity (Wildman–Crippen MR) is 131 cm³/mol. The van der Waals surface area contributed by atoms with Gasteiger partial charge in [-0.25, -0.2) is 0 Å². The first-order valence-corrected chi connectivity index (χ1v) is 11.4. The zero-order chi connectivity index (χ0) is 23.5. The lowest BCUT2D eigenvalue weighted by Crippen LogP contribution is -2.42. The van der Waals surface area contributed by atoms with Gasteiger partial charge in [-0.05, 0) is 54.8 Å². The van der Waals surface area contributed by atoms with Gasteiger partial charge in [-0.15, -0.1) is 10.1 Å². The summed E-state index contributed by atoms with van der Waals surface area (Å²) in [5.74, 6) is -0.125. The van der Waals surface area contributed by atoms with Crippen LogP contribution in [0, 0.1) is 6.92 Å². The Labute approximate surface area is 199 Å². The predicted octanol–water partition coefficient (Wildman–Crippen LogP) is 4.79. The van der Waals surface area contributed by atoms with Crippen LogP contribution in [0.1, 0.15) is 58.4 Å². The highest BCUT2D eigenvalue weighted by Gasteiger charge is 2.47. The van der Waals surface area contributed by atoms with Gasteiger partial charge < -0.3 is 5.32 Å². The van der Waals surface area contributed by atoms with Crippen LogP contribution in [0.5, 0.6) is 0 Å². The number of hydrogen-bond acceptors (Lipinski definition) is 2. The molecule has 0 aromatic heterocycles. The fourth-order valence-electron chi connectivity index (χ4n) is 3.98. The summed E-state index contributed by atoms with van der Waals surface area (Å²) in [4.78, 5) is 25.9. The standard InChI is InChI=1S/C27H26ClN3O2/c1-17(2)20-9-7-19(8-10-20)16-31-25(21-11-13-23(28)14-12-21)24(27(33)30-31)29-26(32)22-6-4-5-18(3)15-22/h4-17,24-25H,1-3H3,(H-,29,30,32,33)/p+1/b31-16-/t24-,25+/m0/s1. The van der Waals surface area contributed by atoms with Crippen LogP contribution >= 0.6 is 11.6 Å². The molecular formula is C27H27ClN3O2+. The molecule has 2 atom stereocenters. The average Bonchev–Trinajstić information content (AvgIpc) is 3.09. The molecule has 2 N–H and O–H groups in total. The first-order chi connectivity index (χ1) is 15.8. The lowest BCUT2D eigenvalue weighted by molar-refractivity contribution is -0.596. The second-order valence-corrected chi connectivity index (χ2v) is 9.09. The van der Waals surface area contributed by atoms with E-state index in [4.69, 9.17) is 11.6 Å².